The van der Waals surface area contributed by atoms with Gasteiger partial charge in [-0.1, -0.05) is 63.2 Å². The first kappa shape index (κ1) is 32.0. The molecule has 2 aromatic carbocycles. The Bertz CT molecular complexity index is 1150. The Morgan fingerprint density at radius 3 is 2.38 bits per heavy atom. The maximum Gasteiger partial charge on any atom is 0.410 e. The smallest absolute Gasteiger partial charge is 0.410 e. The van der Waals surface area contributed by atoms with Gasteiger partial charge < -0.3 is 19.6 Å². The van der Waals surface area contributed by atoms with E-state index in [9.17, 15) is 19.1 Å². The number of carbonyl (C=O) groups is 2. The summed E-state index contributed by atoms with van der Waals surface area (Å²) in [5, 5.41) is 9.92. The lowest BCUT2D eigenvalue weighted by Gasteiger charge is -2.39. The number of amides is 1. The number of piperidine rings is 1. The van der Waals surface area contributed by atoms with E-state index in [-0.39, 0.29) is 42.4 Å². The number of carbonyl (C=O) groups excluding carboxylic acids is 1. The van der Waals surface area contributed by atoms with Crippen LogP contribution in [0.5, 0.6) is 0 Å². The van der Waals surface area contributed by atoms with Crippen LogP contribution in [0, 0.1) is 17.7 Å². The molecule has 230 valence electrons. The van der Waals surface area contributed by atoms with Gasteiger partial charge in [-0.3, -0.25) is 9.69 Å². The Labute approximate surface area is 250 Å². The second-order valence-electron chi connectivity index (χ2n) is 12.5. The molecule has 4 atom stereocenters. The summed E-state index contributed by atoms with van der Waals surface area (Å²) in [6.45, 7) is 9.59. The van der Waals surface area contributed by atoms with Gasteiger partial charge in [-0.2, -0.15) is 0 Å². The van der Waals surface area contributed by atoms with Gasteiger partial charge in [0.1, 0.15) is 18.5 Å². The number of hydrogen-bond acceptors (Lipinski definition) is 5. The standard InChI is InChI=1S/C34H48FN3O4/c1-5-16-38(34(41)42-23-25-10-7-6-8-11-25)29-14-17-37(18-15-29)22-27-20-30(36(4)32(24(2)3)33(39)40)21-31(27)26-12-9-13-28(35)19-26/h6-13,19,24,27,29-32H,5,14-18,20-23H2,1-4H3,(H,39,40)/t27?,30?,31?,32-/m1/s1. The van der Waals surface area contributed by atoms with Crippen LogP contribution < -0.4 is 0 Å². The van der Waals surface area contributed by atoms with E-state index in [2.05, 4.69) is 11.8 Å². The molecule has 2 fully saturated rings. The third kappa shape index (κ3) is 8.10. The molecular weight excluding hydrogens is 533 g/mol. The lowest BCUT2D eigenvalue weighted by molar-refractivity contribution is -0.145. The van der Waals surface area contributed by atoms with Crippen LogP contribution >= 0.6 is 0 Å². The number of ether oxygens (including phenoxy) is 1. The first-order chi connectivity index (χ1) is 20.2. The van der Waals surface area contributed by atoms with Crippen molar-refractivity contribution in [2.75, 3.05) is 33.2 Å². The summed E-state index contributed by atoms with van der Waals surface area (Å²) in [5.74, 6) is -0.579. The lowest BCUT2D eigenvalue weighted by Crippen LogP contribution is -2.49. The van der Waals surface area contributed by atoms with E-state index in [0.29, 0.717) is 12.5 Å². The van der Waals surface area contributed by atoms with Crippen molar-refractivity contribution >= 4 is 12.1 Å². The number of hydrogen-bond donors (Lipinski definition) is 1. The molecule has 1 saturated carbocycles. The highest BCUT2D eigenvalue weighted by molar-refractivity contribution is 5.73. The van der Waals surface area contributed by atoms with E-state index >= 15 is 0 Å². The van der Waals surface area contributed by atoms with Gasteiger partial charge >= 0.3 is 12.1 Å². The summed E-state index contributed by atoms with van der Waals surface area (Å²) >= 11 is 0. The van der Waals surface area contributed by atoms with Crippen molar-refractivity contribution in [3.8, 4) is 0 Å². The molecule has 1 aliphatic heterocycles. The Morgan fingerprint density at radius 1 is 1.05 bits per heavy atom. The maximum atomic E-state index is 14.3. The molecule has 0 aromatic heterocycles. The fraction of sp³-hybridized carbons (Fsp3) is 0.588. The molecule has 0 spiro atoms. The van der Waals surface area contributed by atoms with Crippen molar-refractivity contribution in [1.29, 1.82) is 0 Å². The molecule has 42 heavy (non-hydrogen) atoms. The molecule has 1 amide bonds. The Hall–Kier alpha value is -2.97. The zero-order chi connectivity index (χ0) is 30.2. The molecule has 8 heteroatoms. The third-order valence-corrected chi connectivity index (χ3v) is 9.24. The fourth-order valence-electron chi connectivity index (χ4n) is 7.14. The van der Waals surface area contributed by atoms with Gasteiger partial charge in [0.25, 0.3) is 0 Å². The molecule has 2 aliphatic rings. The second kappa shape index (κ2) is 15.0. The number of carboxylic acids is 1. The van der Waals surface area contributed by atoms with Gasteiger partial charge in [-0.15, -0.1) is 0 Å². The number of likely N-dealkylation sites (tertiary alicyclic amines) is 1. The van der Waals surface area contributed by atoms with Crippen LogP contribution in [0.25, 0.3) is 0 Å². The van der Waals surface area contributed by atoms with Crippen LogP contribution in [0.3, 0.4) is 0 Å². The van der Waals surface area contributed by atoms with Gasteiger partial charge in [0.05, 0.1) is 0 Å². The largest absolute Gasteiger partial charge is 0.480 e. The minimum atomic E-state index is -0.792. The summed E-state index contributed by atoms with van der Waals surface area (Å²) in [5.41, 5.74) is 1.98. The van der Waals surface area contributed by atoms with Gasteiger partial charge in [0.2, 0.25) is 0 Å². The molecule has 0 bridgehead atoms. The molecule has 2 aromatic rings. The van der Waals surface area contributed by atoms with E-state index in [1.807, 2.05) is 67.1 Å². The number of likely N-dealkylation sites (N-methyl/N-ethyl adjacent to an activating group) is 1. The number of nitrogens with zero attached hydrogens (tertiary/aromatic N) is 3. The zero-order valence-corrected chi connectivity index (χ0v) is 25.6. The second-order valence-corrected chi connectivity index (χ2v) is 12.5. The summed E-state index contributed by atoms with van der Waals surface area (Å²) in [6.07, 6.45) is 4.09. The predicted octanol–water partition coefficient (Wildman–Crippen LogP) is 6.24. The first-order valence-corrected chi connectivity index (χ1v) is 15.6. The van der Waals surface area contributed by atoms with Crippen LogP contribution in [0.4, 0.5) is 9.18 Å². The van der Waals surface area contributed by atoms with Crippen LogP contribution in [0.1, 0.15) is 69.9 Å². The molecule has 4 rings (SSSR count). The third-order valence-electron chi connectivity index (χ3n) is 9.24. The molecule has 7 nitrogen and oxygen atoms in total. The van der Waals surface area contributed by atoms with Crippen LogP contribution in [-0.2, 0) is 16.1 Å². The number of benzene rings is 2. The van der Waals surface area contributed by atoms with Crippen molar-refractivity contribution in [2.45, 2.75) is 83.5 Å². The van der Waals surface area contributed by atoms with Crippen molar-refractivity contribution in [2.24, 2.45) is 11.8 Å². The van der Waals surface area contributed by atoms with Gasteiger partial charge in [-0.05, 0) is 80.2 Å². The van der Waals surface area contributed by atoms with E-state index < -0.39 is 12.0 Å². The Morgan fingerprint density at radius 2 is 1.76 bits per heavy atom. The summed E-state index contributed by atoms with van der Waals surface area (Å²) < 4.78 is 19.9. The minimum absolute atomic E-state index is 0.0105. The Kier molecular flexibility index (Phi) is 11.4. The Balaban J connectivity index is 1.39. The van der Waals surface area contributed by atoms with Crippen molar-refractivity contribution in [3.63, 3.8) is 0 Å². The summed E-state index contributed by atoms with van der Waals surface area (Å²) in [4.78, 5) is 31.6. The molecule has 3 unspecified atom stereocenters. The quantitative estimate of drug-likeness (QED) is 0.320. The topological polar surface area (TPSA) is 73.3 Å². The molecular formula is C34H48FN3O4. The lowest BCUT2D eigenvalue weighted by atomic mass is 9.88. The average Bonchev–Trinajstić information content (AvgIpc) is 3.39. The highest BCUT2D eigenvalue weighted by Gasteiger charge is 2.42. The number of aliphatic carboxylic acids is 1. The number of rotatable bonds is 12. The maximum absolute atomic E-state index is 14.3. The van der Waals surface area contributed by atoms with Gasteiger partial charge in [0, 0.05) is 38.3 Å². The van der Waals surface area contributed by atoms with Crippen LogP contribution in [-0.4, -0.2) is 83.2 Å². The normalized spacial score (nSPS) is 22.4. The van der Waals surface area contributed by atoms with E-state index in [1.165, 1.54) is 6.07 Å². The van der Waals surface area contributed by atoms with Crippen molar-refractivity contribution in [1.82, 2.24) is 14.7 Å². The summed E-state index contributed by atoms with van der Waals surface area (Å²) in [6, 6.07) is 16.4. The van der Waals surface area contributed by atoms with Crippen LogP contribution in [0.2, 0.25) is 0 Å². The number of carboxylic acid groups (broad SMARTS) is 1. The average molecular weight is 582 g/mol. The van der Waals surface area contributed by atoms with E-state index in [0.717, 1.165) is 62.9 Å². The SMILES string of the molecule is CCCN(C(=O)OCc1ccccc1)C1CCN(CC2CC(N(C)[C@@H](C(=O)O)C(C)C)CC2c2cccc(F)c2)CC1. The van der Waals surface area contributed by atoms with Gasteiger partial charge in [-0.25, -0.2) is 9.18 Å². The van der Waals surface area contributed by atoms with Gasteiger partial charge in [0.15, 0.2) is 0 Å². The van der Waals surface area contributed by atoms with Crippen LogP contribution in [0.15, 0.2) is 54.6 Å². The monoisotopic (exact) mass is 581 g/mol. The molecule has 1 N–H and O–H groups in total. The molecule has 1 saturated heterocycles. The highest BCUT2D eigenvalue weighted by Crippen LogP contribution is 2.43. The fourth-order valence-corrected chi connectivity index (χ4v) is 7.14. The highest BCUT2D eigenvalue weighted by atomic mass is 19.1. The predicted molar refractivity (Wildman–Crippen MR) is 163 cm³/mol. The minimum Gasteiger partial charge on any atom is -0.480 e. The molecule has 1 aliphatic carbocycles. The molecule has 1 heterocycles. The van der Waals surface area contributed by atoms with Crippen molar-refractivity contribution in [3.05, 3.63) is 71.5 Å². The van der Waals surface area contributed by atoms with E-state index in [4.69, 9.17) is 4.74 Å². The zero-order valence-electron chi connectivity index (χ0n) is 25.6. The van der Waals surface area contributed by atoms with Crippen molar-refractivity contribution < 1.29 is 23.8 Å². The number of halogens is 1. The first-order valence-electron chi connectivity index (χ1n) is 15.6. The summed E-state index contributed by atoms with van der Waals surface area (Å²) in [7, 11) is 1.93. The van der Waals surface area contributed by atoms with E-state index in [1.54, 1.807) is 12.1 Å². The molecule has 0 radical (unpaired) electrons.